The number of nitrogens with zero attached hydrogens (tertiary/aromatic N) is 2. The van der Waals surface area contributed by atoms with Gasteiger partial charge in [0.1, 0.15) is 18.1 Å². The Morgan fingerprint density at radius 1 is 1.02 bits per heavy atom. The molecule has 3 aromatic rings. The van der Waals surface area contributed by atoms with Crippen molar-refractivity contribution in [3.63, 3.8) is 0 Å². The van der Waals surface area contributed by atoms with E-state index in [4.69, 9.17) is 10.00 Å². The number of rotatable bonds is 10. The smallest absolute Gasteiger partial charge is 0.317 e. The number of esters is 1. The standard InChI is InChI=1S/C33H37N3O5S/c1-5-10-27-26(17-15-22-11-7-6-8-12-22)31(37)29(32(38)41-27)30(33(2,3)4)24-13-9-14-25(19-24)36-42(39,40)28-18-16-23(20-34)21-35-28/h6-9,11-14,16,18-19,21,26-27,29-30,36H,5,10,15,17H2,1-4H3/t26?,27-,29?,30?/m0/s1. The zero-order valence-corrected chi connectivity index (χ0v) is 25.2. The number of anilines is 1. The number of sulfonamides is 1. The minimum absolute atomic E-state index is 0.117. The summed E-state index contributed by atoms with van der Waals surface area (Å²) in [7, 11) is -4.05. The number of Topliss-reactive ketones (excluding diaryl/α,β-unsaturated/α-hetero) is 1. The van der Waals surface area contributed by atoms with E-state index in [1.54, 1.807) is 18.2 Å². The second-order valence-electron chi connectivity index (χ2n) is 11.8. The van der Waals surface area contributed by atoms with Gasteiger partial charge in [-0.25, -0.2) is 4.98 Å². The van der Waals surface area contributed by atoms with Crippen molar-refractivity contribution < 1.29 is 22.7 Å². The first-order valence-electron chi connectivity index (χ1n) is 14.2. The number of pyridine rings is 1. The van der Waals surface area contributed by atoms with Gasteiger partial charge in [0, 0.05) is 17.8 Å². The topological polar surface area (TPSA) is 126 Å². The average molecular weight is 588 g/mol. The van der Waals surface area contributed by atoms with Crippen molar-refractivity contribution >= 4 is 27.5 Å². The number of hydrogen-bond acceptors (Lipinski definition) is 7. The van der Waals surface area contributed by atoms with Crippen LogP contribution in [-0.4, -0.2) is 31.3 Å². The van der Waals surface area contributed by atoms with Crippen LogP contribution in [0.1, 0.15) is 69.6 Å². The molecule has 2 heterocycles. The highest BCUT2D eigenvalue weighted by Crippen LogP contribution is 2.46. The Bertz CT molecular complexity index is 1560. The molecule has 1 N–H and O–H groups in total. The van der Waals surface area contributed by atoms with Crippen molar-refractivity contribution in [3.8, 4) is 6.07 Å². The van der Waals surface area contributed by atoms with Crippen LogP contribution in [0.15, 0.2) is 78.0 Å². The number of carbonyl (C=O) groups excluding carboxylic acids is 2. The fourth-order valence-electron chi connectivity index (χ4n) is 5.78. The number of ketones is 1. The van der Waals surface area contributed by atoms with E-state index < -0.39 is 45.3 Å². The fourth-order valence-corrected chi connectivity index (χ4v) is 6.76. The first-order chi connectivity index (χ1) is 19.9. The SMILES string of the molecule is CCC[C@@H]1OC(=O)C(C(c2cccc(NS(=O)(=O)c3ccc(C#N)cn3)c2)C(C)(C)C)C(=O)C1CCc1ccccc1. The Morgan fingerprint density at radius 3 is 2.38 bits per heavy atom. The maximum atomic E-state index is 14.2. The van der Waals surface area contributed by atoms with E-state index in [-0.39, 0.29) is 22.1 Å². The number of carbonyl (C=O) groups is 2. The molecule has 0 radical (unpaired) electrons. The van der Waals surface area contributed by atoms with Crippen LogP contribution < -0.4 is 4.72 Å². The predicted molar refractivity (Wildman–Crippen MR) is 160 cm³/mol. The predicted octanol–water partition coefficient (Wildman–Crippen LogP) is 6.04. The highest BCUT2D eigenvalue weighted by Gasteiger charge is 2.51. The number of nitriles is 1. The molecular weight excluding hydrogens is 550 g/mol. The van der Waals surface area contributed by atoms with E-state index >= 15 is 0 Å². The Labute approximate surface area is 248 Å². The van der Waals surface area contributed by atoms with Gasteiger partial charge in [0.25, 0.3) is 10.0 Å². The van der Waals surface area contributed by atoms with Gasteiger partial charge in [0.05, 0.1) is 11.5 Å². The molecule has 0 saturated carbocycles. The summed E-state index contributed by atoms with van der Waals surface area (Å²) >= 11 is 0. The molecule has 0 aliphatic carbocycles. The Kier molecular flexibility index (Phi) is 9.47. The third-order valence-corrected chi connectivity index (χ3v) is 9.00. The van der Waals surface area contributed by atoms with E-state index in [2.05, 4.69) is 9.71 Å². The molecule has 1 fully saturated rings. The van der Waals surface area contributed by atoms with Crippen LogP contribution >= 0.6 is 0 Å². The summed E-state index contributed by atoms with van der Waals surface area (Å²) in [6.45, 7) is 7.91. The summed E-state index contributed by atoms with van der Waals surface area (Å²) in [6, 6.07) is 21.3. The van der Waals surface area contributed by atoms with E-state index in [1.807, 2.05) is 70.2 Å². The van der Waals surface area contributed by atoms with Crippen LogP contribution in [0.25, 0.3) is 0 Å². The van der Waals surface area contributed by atoms with Crippen LogP contribution in [0.2, 0.25) is 0 Å². The minimum atomic E-state index is -4.05. The monoisotopic (exact) mass is 587 g/mol. The number of aromatic nitrogens is 1. The van der Waals surface area contributed by atoms with Gasteiger partial charge in [-0.2, -0.15) is 13.7 Å². The highest BCUT2D eigenvalue weighted by atomic mass is 32.2. The molecule has 4 rings (SSSR count). The molecule has 9 heteroatoms. The van der Waals surface area contributed by atoms with E-state index in [0.717, 1.165) is 12.0 Å². The molecule has 1 saturated heterocycles. The van der Waals surface area contributed by atoms with Crippen molar-refractivity contribution in [1.82, 2.24) is 4.98 Å². The number of benzene rings is 2. The molecule has 2 aromatic carbocycles. The third-order valence-electron chi connectivity index (χ3n) is 7.71. The second-order valence-corrected chi connectivity index (χ2v) is 13.5. The maximum Gasteiger partial charge on any atom is 0.317 e. The Morgan fingerprint density at radius 2 is 1.76 bits per heavy atom. The van der Waals surface area contributed by atoms with Gasteiger partial charge < -0.3 is 4.74 Å². The largest absolute Gasteiger partial charge is 0.461 e. The molecule has 3 unspecified atom stereocenters. The van der Waals surface area contributed by atoms with Crippen molar-refractivity contribution in [2.75, 3.05) is 4.72 Å². The lowest BCUT2D eigenvalue weighted by atomic mass is 9.65. The van der Waals surface area contributed by atoms with Gasteiger partial charge in [0.15, 0.2) is 10.8 Å². The summed E-state index contributed by atoms with van der Waals surface area (Å²) in [5.41, 5.74) is 1.76. The highest BCUT2D eigenvalue weighted by molar-refractivity contribution is 7.92. The van der Waals surface area contributed by atoms with Gasteiger partial charge in [-0.3, -0.25) is 14.3 Å². The molecule has 1 aliphatic heterocycles. The molecule has 0 amide bonds. The molecular formula is C33H37N3O5S. The summed E-state index contributed by atoms with van der Waals surface area (Å²) in [4.78, 5) is 31.6. The minimum Gasteiger partial charge on any atom is -0.461 e. The Hall–Kier alpha value is -4.03. The quantitative estimate of drug-likeness (QED) is 0.226. The second kappa shape index (κ2) is 12.9. The lowest BCUT2D eigenvalue weighted by molar-refractivity contribution is -0.174. The van der Waals surface area contributed by atoms with Crippen molar-refractivity contribution in [2.45, 2.75) is 70.4 Å². The third kappa shape index (κ3) is 7.05. The first kappa shape index (κ1) is 30.9. The number of hydrogen-bond donors (Lipinski definition) is 1. The average Bonchev–Trinajstić information content (AvgIpc) is 2.95. The van der Waals surface area contributed by atoms with E-state index in [0.29, 0.717) is 24.8 Å². The number of ether oxygens (including phenoxy) is 1. The van der Waals surface area contributed by atoms with Crippen molar-refractivity contribution in [1.29, 1.82) is 5.26 Å². The fraction of sp³-hybridized carbons (Fsp3) is 0.394. The van der Waals surface area contributed by atoms with Gasteiger partial charge >= 0.3 is 5.97 Å². The van der Waals surface area contributed by atoms with E-state index in [9.17, 15) is 18.0 Å². The number of cyclic esters (lactones) is 1. The summed E-state index contributed by atoms with van der Waals surface area (Å²) < 4.78 is 34.6. The Balaban J connectivity index is 1.65. The van der Waals surface area contributed by atoms with Crippen molar-refractivity contribution in [2.24, 2.45) is 17.3 Å². The molecule has 8 nitrogen and oxygen atoms in total. The lowest BCUT2D eigenvalue weighted by Crippen LogP contribution is -2.50. The zero-order valence-electron chi connectivity index (χ0n) is 24.4. The van der Waals surface area contributed by atoms with Crippen molar-refractivity contribution in [3.05, 3.63) is 89.6 Å². The molecule has 1 aromatic heterocycles. The van der Waals surface area contributed by atoms with Crippen LogP contribution in [0.4, 0.5) is 5.69 Å². The number of aryl methyl sites for hydroxylation is 1. The van der Waals surface area contributed by atoms with Crippen LogP contribution in [0, 0.1) is 28.6 Å². The molecule has 1 aliphatic rings. The molecule has 220 valence electrons. The van der Waals surface area contributed by atoms with Crippen LogP contribution in [0.5, 0.6) is 0 Å². The van der Waals surface area contributed by atoms with Gasteiger partial charge in [-0.05, 0) is 60.1 Å². The van der Waals surface area contributed by atoms with Gasteiger partial charge in [-0.15, -0.1) is 0 Å². The van der Waals surface area contributed by atoms with Crippen LogP contribution in [0.3, 0.4) is 0 Å². The number of nitrogens with one attached hydrogen (secondary N) is 1. The normalized spacial score (nSPS) is 19.9. The molecule has 42 heavy (non-hydrogen) atoms. The van der Waals surface area contributed by atoms with E-state index in [1.165, 1.54) is 18.3 Å². The maximum absolute atomic E-state index is 14.2. The first-order valence-corrected chi connectivity index (χ1v) is 15.7. The summed E-state index contributed by atoms with van der Waals surface area (Å²) in [5, 5.41) is 8.76. The molecule has 4 atom stereocenters. The lowest BCUT2D eigenvalue weighted by Gasteiger charge is -2.42. The molecule has 0 spiro atoms. The molecule has 0 bridgehead atoms. The van der Waals surface area contributed by atoms with Gasteiger partial charge in [-0.1, -0.05) is 76.6 Å². The van der Waals surface area contributed by atoms with Gasteiger partial charge in [0.2, 0.25) is 0 Å². The summed E-state index contributed by atoms with van der Waals surface area (Å²) in [5.74, 6) is -2.65. The zero-order chi connectivity index (χ0) is 30.5. The summed E-state index contributed by atoms with van der Waals surface area (Å²) in [6.07, 6.45) is 3.41. The van der Waals surface area contributed by atoms with Crippen LogP contribution in [-0.2, 0) is 30.8 Å².